The Kier molecular flexibility index (Phi) is 5.64. The molecule has 1 saturated heterocycles. The van der Waals surface area contributed by atoms with Crippen LogP contribution in [0.25, 0.3) is 0 Å². The molecule has 1 aromatic carbocycles. The first-order valence-electron chi connectivity index (χ1n) is 8.64. The molecule has 2 aliphatic rings. The summed E-state index contributed by atoms with van der Waals surface area (Å²) in [6.07, 6.45) is 1.20. The number of hydrogen-bond donors (Lipinski definition) is 0. The molecule has 0 unspecified atom stereocenters. The predicted octanol–water partition coefficient (Wildman–Crippen LogP) is 1.74. The van der Waals surface area contributed by atoms with E-state index >= 15 is 0 Å². The van der Waals surface area contributed by atoms with Gasteiger partial charge in [-0.3, -0.25) is 4.79 Å². The van der Waals surface area contributed by atoms with Gasteiger partial charge in [0.15, 0.2) is 6.10 Å². The lowest BCUT2D eigenvalue weighted by Gasteiger charge is -2.32. The number of likely N-dealkylation sites (N-methyl/N-ethyl adjacent to an activating group) is 2. The van der Waals surface area contributed by atoms with Crippen LogP contribution < -0.4 is 4.74 Å². The molecule has 0 N–H and O–H groups in total. The number of amides is 1. The molecule has 5 nitrogen and oxygen atoms in total. The first kappa shape index (κ1) is 17.5. The van der Waals surface area contributed by atoms with Gasteiger partial charge in [-0.2, -0.15) is 0 Å². The van der Waals surface area contributed by atoms with E-state index in [1.54, 1.807) is 11.0 Å². The van der Waals surface area contributed by atoms with Crippen molar-refractivity contribution >= 4 is 17.5 Å². The number of benzene rings is 1. The van der Waals surface area contributed by atoms with Crippen LogP contribution in [0.1, 0.15) is 12.0 Å². The third-order valence-corrected chi connectivity index (χ3v) is 5.15. The van der Waals surface area contributed by atoms with Gasteiger partial charge < -0.3 is 19.4 Å². The molecule has 3 rings (SSSR count). The van der Waals surface area contributed by atoms with E-state index in [1.807, 2.05) is 19.2 Å². The Labute approximate surface area is 149 Å². The molecule has 1 aromatic rings. The molecular formula is C18H26ClN3O2. The Bertz CT molecular complexity index is 588. The molecule has 0 aliphatic carbocycles. The third-order valence-electron chi connectivity index (χ3n) is 4.91. The fraction of sp³-hybridized carbons (Fsp3) is 0.611. The van der Waals surface area contributed by atoms with Crippen molar-refractivity contribution < 1.29 is 9.53 Å². The zero-order valence-corrected chi connectivity index (χ0v) is 15.3. The van der Waals surface area contributed by atoms with Gasteiger partial charge in [0, 0.05) is 51.2 Å². The van der Waals surface area contributed by atoms with Crippen molar-refractivity contribution in [1.29, 1.82) is 0 Å². The SMILES string of the molecule is CN1CCN(CCCN(C)C(=O)[C@H]2Cc3cc(Cl)ccc3O2)CC1. The number of nitrogens with zero attached hydrogens (tertiary/aromatic N) is 3. The standard InChI is InChI=1S/C18H26ClN3O2/c1-20-8-10-22(11-9-20)7-3-6-21(2)18(23)17-13-14-12-15(19)4-5-16(14)24-17/h4-5,12,17H,3,6-11,13H2,1-2H3/t17-/m1/s1. The fourth-order valence-electron chi connectivity index (χ4n) is 3.31. The quantitative estimate of drug-likeness (QED) is 0.809. The zero-order valence-electron chi connectivity index (χ0n) is 14.5. The van der Waals surface area contributed by atoms with Crippen molar-refractivity contribution in [3.63, 3.8) is 0 Å². The Balaban J connectivity index is 1.42. The van der Waals surface area contributed by atoms with E-state index in [4.69, 9.17) is 16.3 Å². The molecule has 1 amide bonds. The second kappa shape index (κ2) is 7.72. The number of ether oxygens (including phenoxy) is 1. The first-order valence-corrected chi connectivity index (χ1v) is 9.01. The van der Waals surface area contributed by atoms with Gasteiger partial charge in [-0.15, -0.1) is 0 Å². The highest BCUT2D eigenvalue weighted by molar-refractivity contribution is 6.30. The van der Waals surface area contributed by atoms with Crippen molar-refractivity contribution in [1.82, 2.24) is 14.7 Å². The minimum Gasteiger partial charge on any atom is -0.480 e. The van der Waals surface area contributed by atoms with Crippen molar-refractivity contribution in [3.05, 3.63) is 28.8 Å². The van der Waals surface area contributed by atoms with E-state index in [-0.39, 0.29) is 5.91 Å². The second-order valence-corrected chi connectivity index (χ2v) is 7.26. The molecule has 132 valence electrons. The van der Waals surface area contributed by atoms with Crippen LogP contribution in [-0.2, 0) is 11.2 Å². The van der Waals surface area contributed by atoms with E-state index in [0.717, 1.165) is 57.0 Å². The molecule has 24 heavy (non-hydrogen) atoms. The predicted molar refractivity (Wildman–Crippen MR) is 95.8 cm³/mol. The lowest BCUT2D eigenvalue weighted by molar-refractivity contribution is -0.136. The van der Waals surface area contributed by atoms with Crippen LogP contribution in [0.4, 0.5) is 0 Å². The van der Waals surface area contributed by atoms with E-state index in [1.165, 1.54) is 0 Å². The number of fused-ring (bicyclic) bond motifs is 1. The number of hydrogen-bond acceptors (Lipinski definition) is 4. The normalized spacial score (nSPS) is 21.4. The Morgan fingerprint density at radius 1 is 1.33 bits per heavy atom. The van der Waals surface area contributed by atoms with Gasteiger partial charge in [0.05, 0.1) is 0 Å². The van der Waals surface area contributed by atoms with Crippen molar-refractivity contribution in [2.45, 2.75) is 18.9 Å². The van der Waals surface area contributed by atoms with Gasteiger partial charge in [0.2, 0.25) is 0 Å². The summed E-state index contributed by atoms with van der Waals surface area (Å²) in [4.78, 5) is 19.2. The highest BCUT2D eigenvalue weighted by Gasteiger charge is 2.31. The monoisotopic (exact) mass is 351 g/mol. The van der Waals surface area contributed by atoms with E-state index in [0.29, 0.717) is 11.4 Å². The molecule has 0 saturated carbocycles. The molecule has 0 aromatic heterocycles. The molecule has 6 heteroatoms. The fourth-order valence-corrected chi connectivity index (χ4v) is 3.51. The number of piperazine rings is 1. The zero-order chi connectivity index (χ0) is 17.1. The van der Waals surface area contributed by atoms with Gasteiger partial charge in [-0.05, 0) is 43.8 Å². The smallest absolute Gasteiger partial charge is 0.263 e. The minimum atomic E-state index is -0.410. The van der Waals surface area contributed by atoms with Crippen molar-refractivity contribution in [3.8, 4) is 5.75 Å². The second-order valence-electron chi connectivity index (χ2n) is 6.82. The average molecular weight is 352 g/mol. The number of halogens is 1. The van der Waals surface area contributed by atoms with Gasteiger partial charge in [-0.25, -0.2) is 0 Å². The summed E-state index contributed by atoms with van der Waals surface area (Å²) in [5, 5.41) is 0.686. The molecule has 0 radical (unpaired) electrons. The summed E-state index contributed by atoms with van der Waals surface area (Å²) < 4.78 is 5.79. The van der Waals surface area contributed by atoms with E-state index in [2.05, 4.69) is 16.8 Å². The lowest BCUT2D eigenvalue weighted by Crippen LogP contribution is -2.45. The maximum atomic E-state index is 12.6. The van der Waals surface area contributed by atoms with Crippen LogP contribution in [0.3, 0.4) is 0 Å². The topological polar surface area (TPSA) is 36.0 Å². The summed E-state index contributed by atoms with van der Waals surface area (Å²) in [7, 11) is 4.03. The highest BCUT2D eigenvalue weighted by atomic mass is 35.5. The summed E-state index contributed by atoms with van der Waals surface area (Å²) >= 11 is 6.01. The van der Waals surface area contributed by atoms with Crippen LogP contribution in [0, 0.1) is 0 Å². The van der Waals surface area contributed by atoms with Gasteiger partial charge in [0.25, 0.3) is 5.91 Å². The maximum absolute atomic E-state index is 12.6. The summed E-state index contributed by atoms with van der Waals surface area (Å²) in [6.45, 7) is 6.32. The number of carbonyl (C=O) groups excluding carboxylic acids is 1. The van der Waals surface area contributed by atoms with Gasteiger partial charge in [0.1, 0.15) is 5.75 Å². The maximum Gasteiger partial charge on any atom is 0.263 e. The molecule has 2 aliphatic heterocycles. The Morgan fingerprint density at radius 3 is 2.83 bits per heavy atom. The van der Waals surface area contributed by atoms with Crippen LogP contribution in [-0.4, -0.2) is 80.1 Å². The minimum absolute atomic E-state index is 0.0562. The van der Waals surface area contributed by atoms with Crippen molar-refractivity contribution in [2.24, 2.45) is 0 Å². The van der Waals surface area contributed by atoms with E-state index in [9.17, 15) is 4.79 Å². The van der Waals surface area contributed by atoms with Crippen molar-refractivity contribution in [2.75, 3.05) is 53.4 Å². The van der Waals surface area contributed by atoms with Crippen LogP contribution in [0.5, 0.6) is 5.75 Å². The Hall–Kier alpha value is -1.30. The third kappa shape index (κ3) is 4.21. The first-order chi connectivity index (χ1) is 11.5. The summed E-state index contributed by atoms with van der Waals surface area (Å²) in [5.74, 6) is 0.837. The largest absolute Gasteiger partial charge is 0.480 e. The van der Waals surface area contributed by atoms with Crippen LogP contribution in [0.2, 0.25) is 5.02 Å². The molecule has 2 heterocycles. The molecular weight excluding hydrogens is 326 g/mol. The van der Waals surface area contributed by atoms with Crippen LogP contribution in [0.15, 0.2) is 18.2 Å². The molecule has 0 spiro atoms. The van der Waals surface area contributed by atoms with E-state index < -0.39 is 6.10 Å². The summed E-state index contributed by atoms with van der Waals surface area (Å²) in [5.41, 5.74) is 1.02. The van der Waals surface area contributed by atoms with Gasteiger partial charge >= 0.3 is 0 Å². The molecule has 1 fully saturated rings. The number of rotatable bonds is 5. The summed E-state index contributed by atoms with van der Waals surface area (Å²) in [6, 6.07) is 5.53. The highest BCUT2D eigenvalue weighted by Crippen LogP contribution is 2.31. The van der Waals surface area contributed by atoms with Crippen LogP contribution >= 0.6 is 11.6 Å². The van der Waals surface area contributed by atoms with Gasteiger partial charge in [-0.1, -0.05) is 11.6 Å². The lowest BCUT2D eigenvalue weighted by atomic mass is 10.1. The average Bonchev–Trinajstić information content (AvgIpc) is 2.98. The molecule has 0 bridgehead atoms. The Morgan fingerprint density at radius 2 is 2.08 bits per heavy atom. The molecule has 1 atom stereocenters. The number of carbonyl (C=O) groups is 1.